The monoisotopic (exact) mass is 394 g/mol. The highest BCUT2D eigenvalue weighted by Gasteiger charge is 2.34. The van der Waals surface area contributed by atoms with Crippen LogP contribution in [-0.4, -0.2) is 38.7 Å². The minimum atomic E-state index is -4.54. The number of carbonyl (C=O) groups is 1. The van der Waals surface area contributed by atoms with Crippen molar-refractivity contribution in [1.82, 2.24) is 19.7 Å². The van der Waals surface area contributed by atoms with E-state index in [-0.39, 0.29) is 28.4 Å². The summed E-state index contributed by atoms with van der Waals surface area (Å²) >= 11 is 0. The van der Waals surface area contributed by atoms with E-state index in [9.17, 15) is 22.8 Å². The Hall–Kier alpha value is -2.71. The van der Waals surface area contributed by atoms with Crippen LogP contribution in [0.1, 0.15) is 42.5 Å². The molecule has 1 fully saturated rings. The van der Waals surface area contributed by atoms with Crippen molar-refractivity contribution < 1.29 is 18.0 Å². The van der Waals surface area contributed by atoms with Crippen molar-refractivity contribution >= 4 is 5.91 Å². The number of halogens is 3. The van der Waals surface area contributed by atoms with Crippen molar-refractivity contribution in [2.24, 2.45) is 5.92 Å². The molecule has 0 aliphatic carbocycles. The van der Waals surface area contributed by atoms with E-state index in [2.05, 4.69) is 10.1 Å². The topological polar surface area (TPSA) is 68.1 Å². The molecule has 9 heteroatoms. The predicted molar refractivity (Wildman–Crippen MR) is 95.8 cm³/mol. The summed E-state index contributed by atoms with van der Waals surface area (Å²) in [6.07, 6.45) is -3.59. The second kappa shape index (κ2) is 7.03. The van der Waals surface area contributed by atoms with E-state index in [1.54, 1.807) is 6.07 Å². The lowest BCUT2D eigenvalue weighted by molar-refractivity contribution is -0.141. The predicted octanol–water partition coefficient (Wildman–Crippen LogP) is 2.73. The molecule has 0 saturated carbocycles. The molecule has 0 atom stereocenters. The number of hydrogen-bond acceptors (Lipinski definition) is 4. The standard InChI is InChI=1S/C19H21F3N4O2/c1-18(2,3)14-6-7-16(27)26(24-14)11-12-9-25(10-12)17(28)13-4-5-15(23-8-13)19(20,21)22/h4-8,12H,9-11H2,1-3H3. The van der Waals surface area contributed by atoms with E-state index in [0.717, 1.165) is 24.0 Å². The summed E-state index contributed by atoms with van der Waals surface area (Å²) in [5, 5.41) is 4.41. The molecule has 1 amide bonds. The molecule has 6 nitrogen and oxygen atoms in total. The maximum atomic E-state index is 12.6. The van der Waals surface area contributed by atoms with Gasteiger partial charge in [0.25, 0.3) is 11.5 Å². The molecule has 2 aromatic rings. The van der Waals surface area contributed by atoms with Crippen molar-refractivity contribution in [1.29, 1.82) is 0 Å². The third-order valence-electron chi connectivity index (χ3n) is 4.61. The Morgan fingerprint density at radius 1 is 1.11 bits per heavy atom. The average molecular weight is 394 g/mol. The smallest absolute Gasteiger partial charge is 0.338 e. The SMILES string of the molecule is CC(C)(C)c1ccc(=O)n(CC2CN(C(=O)c3ccc(C(F)(F)F)nc3)C2)n1. The van der Waals surface area contributed by atoms with Crippen molar-refractivity contribution in [2.75, 3.05) is 13.1 Å². The van der Waals surface area contributed by atoms with Gasteiger partial charge in [-0.3, -0.25) is 14.6 Å². The van der Waals surface area contributed by atoms with Gasteiger partial charge in [-0.25, -0.2) is 4.68 Å². The van der Waals surface area contributed by atoms with Crippen LogP contribution in [0.25, 0.3) is 0 Å². The molecule has 3 rings (SSSR count). The van der Waals surface area contributed by atoms with Crippen molar-refractivity contribution in [2.45, 2.75) is 38.9 Å². The molecule has 0 aromatic carbocycles. The highest BCUT2D eigenvalue weighted by atomic mass is 19.4. The first kappa shape index (κ1) is 20.0. The Labute approximate surface area is 160 Å². The fourth-order valence-electron chi connectivity index (χ4n) is 2.95. The van der Waals surface area contributed by atoms with Gasteiger partial charge in [-0.15, -0.1) is 0 Å². The van der Waals surface area contributed by atoms with Crippen LogP contribution in [0.3, 0.4) is 0 Å². The van der Waals surface area contributed by atoms with Crippen LogP contribution in [0.2, 0.25) is 0 Å². The molecule has 0 unspecified atom stereocenters. The van der Waals surface area contributed by atoms with Gasteiger partial charge in [0, 0.05) is 36.7 Å². The zero-order valence-corrected chi connectivity index (χ0v) is 15.8. The molecular weight excluding hydrogens is 373 g/mol. The summed E-state index contributed by atoms with van der Waals surface area (Å²) in [6.45, 7) is 7.23. The first-order valence-corrected chi connectivity index (χ1v) is 8.86. The average Bonchev–Trinajstić information content (AvgIpc) is 2.57. The first-order valence-electron chi connectivity index (χ1n) is 8.86. The fraction of sp³-hybridized carbons (Fsp3) is 0.474. The number of rotatable bonds is 3. The quantitative estimate of drug-likeness (QED) is 0.803. The lowest BCUT2D eigenvalue weighted by Gasteiger charge is -2.39. The lowest BCUT2D eigenvalue weighted by Crippen LogP contribution is -2.52. The van der Waals surface area contributed by atoms with Crippen LogP contribution < -0.4 is 5.56 Å². The molecule has 0 spiro atoms. The number of nitrogens with zero attached hydrogens (tertiary/aromatic N) is 4. The van der Waals surface area contributed by atoms with Crippen molar-refractivity contribution in [3.05, 3.63) is 57.8 Å². The van der Waals surface area contributed by atoms with Gasteiger partial charge in [0.1, 0.15) is 5.69 Å². The molecule has 1 saturated heterocycles. The minimum Gasteiger partial charge on any atom is -0.338 e. The molecule has 0 radical (unpaired) electrons. The van der Waals surface area contributed by atoms with Gasteiger partial charge in [0.05, 0.1) is 17.8 Å². The Kier molecular flexibility index (Phi) is 5.03. The number of alkyl halides is 3. The normalized spacial score (nSPS) is 15.4. The van der Waals surface area contributed by atoms with Crippen LogP contribution >= 0.6 is 0 Å². The van der Waals surface area contributed by atoms with Crippen LogP contribution in [0.15, 0.2) is 35.3 Å². The van der Waals surface area contributed by atoms with E-state index in [0.29, 0.717) is 19.6 Å². The van der Waals surface area contributed by atoms with Gasteiger partial charge >= 0.3 is 6.18 Å². The summed E-state index contributed by atoms with van der Waals surface area (Å²) in [5.41, 5.74) is -0.516. The number of pyridine rings is 1. The Balaban J connectivity index is 1.62. The third kappa shape index (κ3) is 4.23. The van der Waals surface area contributed by atoms with Crippen molar-refractivity contribution in [3.63, 3.8) is 0 Å². The maximum Gasteiger partial charge on any atom is 0.433 e. The molecule has 2 aromatic heterocycles. The second-order valence-corrected chi connectivity index (χ2v) is 7.99. The molecule has 28 heavy (non-hydrogen) atoms. The van der Waals surface area contributed by atoms with E-state index >= 15 is 0 Å². The lowest BCUT2D eigenvalue weighted by atomic mass is 9.92. The second-order valence-electron chi connectivity index (χ2n) is 7.99. The Morgan fingerprint density at radius 3 is 2.29 bits per heavy atom. The number of amides is 1. The van der Waals surface area contributed by atoms with Crippen LogP contribution in [0.4, 0.5) is 13.2 Å². The first-order chi connectivity index (χ1) is 12.9. The molecule has 1 aliphatic rings. The van der Waals surface area contributed by atoms with Gasteiger partial charge < -0.3 is 4.90 Å². The summed E-state index contributed by atoms with van der Waals surface area (Å²) < 4.78 is 39.1. The molecule has 1 aliphatic heterocycles. The van der Waals surface area contributed by atoms with E-state index in [1.807, 2.05) is 20.8 Å². The Bertz CT molecular complexity index is 924. The highest BCUT2D eigenvalue weighted by Crippen LogP contribution is 2.28. The summed E-state index contributed by atoms with van der Waals surface area (Å²) in [5.74, 6) is -0.312. The summed E-state index contributed by atoms with van der Waals surface area (Å²) in [7, 11) is 0. The number of likely N-dealkylation sites (tertiary alicyclic amines) is 1. The number of hydrogen-bond donors (Lipinski definition) is 0. The molecular formula is C19H21F3N4O2. The zero-order chi connectivity index (χ0) is 20.7. The van der Waals surface area contributed by atoms with Crippen LogP contribution in [-0.2, 0) is 18.1 Å². The largest absolute Gasteiger partial charge is 0.433 e. The highest BCUT2D eigenvalue weighted by molar-refractivity contribution is 5.94. The van der Waals surface area contributed by atoms with Gasteiger partial charge in [0.15, 0.2) is 0 Å². The van der Waals surface area contributed by atoms with Gasteiger partial charge in [-0.05, 0) is 18.2 Å². The van der Waals surface area contributed by atoms with Crippen LogP contribution in [0, 0.1) is 5.92 Å². The molecule has 3 heterocycles. The molecule has 0 bridgehead atoms. The number of carbonyl (C=O) groups excluding carboxylic acids is 1. The van der Waals surface area contributed by atoms with E-state index < -0.39 is 11.9 Å². The zero-order valence-electron chi connectivity index (χ0n) is 15.8. The van der Waals surface area contributed by atoms with Crippen LogP contribution in [0.5, 0.6) is 0 Å². The van der Waals surface area contributed by atoms with Gasteiger partial charge in [-0.1, -0.05) is 20.8 Å². The van der Waals surface area contributed by atoms with Gasteiger partial charge in [0.2, 0.25) is 0 Å². The van der Waals surface area contributed by atoms with Gasteiger partial charge in [-0.2, -0.15) is 18.3 Å². The molecule has 0 N–H and O–H groups in total. The van der Waals surface area contributed by atoms with E-state index in [4.69, 9.17) is 0 Å². The maximum absolute atomic E-state index is 12.6. The molecule has 150 valence electrons. The Morgan fingerprint density at radius 2 is 1.75 bits per heavy atom. The van der Waals surface area contributed by atoms with Crippen molar-refractivity contribution in [3.8, 4) is 0 Å². The number of aromatic nitrogens is 3. The minimum absolute atomic E-state index is 0.0618. The third-order valence-corrected chi connectivity index (χ3v) is 4.61. The summed E-state index contributed by atoms with van der Waals surface area (Å²) in [4.78, 5) is 29.2. The summed E-state index contributed by atoms with van der Waals surface area (Å²) in [6, 6.07) is 5.13. The van der Waals surface area contributed by atoms with E-state index in [1.165, 1.54) is 15.6 Å². The fourth-order valence-corrected chi connectivity index (χ4v) is 2.95.